The number of carbonyl (C=O) groups is 1. The van der Waals surface area contributed by atoms with Crippen molar-refractivity contribution in [2.45, 2.75) is 18.9 Å². The van der Waals surface area contributed by atoms with E-state index in [1.165, 1.54) is 0 Å². The summed E-state index contributed by atoms with van der Waals surface area (Å²) in [6.07, 6.45) is 2.01. The van der Waals surface area contributed by atoms with E-state index >= 15 is 0 Å². The first-order valence-corrected chi connectivity index (χ1v) is 4.11. The minimum Gasteiger partial charge on any atom is -0.449 e. The van der Waals surface area contributed by atoms with Gasteiger partial charge in [0.15, 0.2) is 0 Å². The van der Waals surface area contributed by atoms with E-state index in [4.69, 9.17) is 16.3 Å². The average Bonchev–Trinajstić information content (AvgIpc) is 1.85. The van der Waals surface area contributed by atoms with Crippen LogP contribution < -0.4 is 0 Å². The van der Waals surface area contributed by atoms with Gasteiger partial charge in [0.2, 0.25) is 0 Å². The number of likely N-dealkylation sites (N-methyl/N-ethyl adjacent to an activating group) is 1. The maximum Gasteiger partial charge on any atom is 0.404 e. The third-order valence-corrected chi connectivity index (χ3v) is 1.93. The molecular weight excluding hydrogens is 166 g/mol. The van der Waals surface area contributed by atoms with E-state index in [1.807, 2.05) is 7.05 Å². The summed E-state index contributed by atoms with van der Waals surface area (Å²) in [5, 5.41) is 0. The summed E-state index contributed by atoms with van der Waals surface area (Å²) in [6.45, 7) is 1.88. The number of likely N-dealkylation sites (tertiary alicyclic amines) is 1. The minimum absolute atomic E-state index is 0.00116. The van der Waals surface area contributed by atoms with Gasteiger partial charge in [-0.25, -0.2) is 4.79 Å². The van der Waals surface area contributed by atoms with Gasteiger partial charge in [-0.1, -0.05) is 0 Å². The molecule has 64 valence electrons. The highest BCUT2D eigenvalue weighted by Crippen LogP contribution is 2.12. The Kier molecular flexibility index (Phi) is 3.15. The average molecular weight is 178 g/mol. The van der Waals surface area contributed by atoms with Gasteiger partial charge in [0.1, 0.15) is 6.10 Å². The first-order chi connectivity index (χ1) is 5.18. The van der Waals surface area contributed by atoms with E-state index in [0.29, 0.717) is 0 Å². The predicted molar refractivity (Wildman–Crippen MR) is 42.9 cm³/mol. The molecule has 0 aliphatic carbocycles. The number of nitrogens with zero attached hydrogens (tertiary/aromatic N) is 1. The molecule has 1 rings (SSSR count). The van der Waals surface area contributed by atoms with Crippen LogP contribution in [0.25, 0.3) is 0 Å². The Morgan fingerprint density at radius 2 is 2.45 bits per heavy atom. The van der Waals surface area contributed by atoms with Crippen molar-refractivity contribution in [2.24, 2.45) is 0 Å². The number of halogens is 1. The van der Waals surface area contributed by atoms with Crippen molar-refractivity contribution in [3.05, 3.63) is 0 Å². The molecule has 0 bridgehead atoms. The Morgan fingerprint density at radius 3 is 3.00 bits per heavy atom. The van der Waals surface area contributed by atoms with E-state index in [2.05, 4.69) is 4.90 Å². The van der Waals surface area contributed by atoms with Crippen LogP contribution in [0.15, 0.2) is 0 Å². The molecule has 1 aliphatic heterocycles. The van der Waals surface area contributed by atoms with E-state index < -0.39 is 5.43 Å². The zero-order valence-corrected chi connectivity index (χ0v) is 7.30. The van der Waals surface area contributed by atoms with Crippen LogP contribution in [0.5, 0.6) is 0 Å². The normalized spacial score (nSPS) is 26.5. The molecule has 1 saturated heterocycles. The van der Waals surface area contributed by atoms with E-state index in [9.17, 15) is 4.79 Å². The Balaban J connectivity index is 2.28. The van der Waals surface area contributed by atoms with Crippen LogP contribution in [0.2, 0.25) is 0 Å². The Hall–Kier alpha value is -0.280. The molecule has 1 fully saturated rings. The van der Waals surface area contributed by atoms with Gasteiger partial charge >= 0.3 is 5.43 Å². The van der Waals surface area contributed by atoms with Crippen molar-refractivity contribution >= 4 is 17.0 Å². The highest BCUT2D eigenvalue weighted by Gasteiger charge is 2.19. The predicted octanol–water partition coefficient (Wildman–Crippen LogP) is 1.46. The van der Waals surface area contributed by atoms with E-state index in [-0.39, 0.29) is 6.10 Å². The zero-order chi connectivity index (χ0) is 8.27. The van der Waals surface area contributed by atoms with E-state index in [1.54, 1.807) is 0 Å². The molecule has 11 heavy (non-hydrogen) atoms. The second kappa shape index (κ2) is 3.93. The molecule has 0 saturated carbocycles. The molecule has 0 aromatic heterocycles. The van der Waals surface area contributed by atoms with Gasteiger partial charge in [0.25, 0.3) is 0 Å². The number of hydrogen-bond acceptors (Lipinski definition) is 3. The Morgan fingerprint density at radius 1 is 1.73 bits per heavy atom. The summed E-state index contributed by atoms with van der Waals surface area (Å²) < 4.78 is 4.85. The molecule has 0 aromatic rings. The third kappa shape index (κ3) is 3.08. The molecule has 0 amide bonds. The second-order valence-electron chi connectivity index (χ2n) is 2.88. The van der Waals surface area contributed by atoms with Gasteiger partial charge in [-0.15, -0.1) is 0 Å². The molecule has 0 radical (unpaired) electrons. The SMILES string of the molecule is CN1CCC[C@@H](OC(=O)Cl)C1. The molecule has 1 heterocycles. The van der Waals surface area contributed by atoms with Gasteiger partial charge in [-0.05, 0) is 26.4 Å². The summed E-state index contributed by atoms with van der Waals surface area (Å²) in [5.74, 6) is 0. The van der Waals surface area contributed by atoms with Crippen molar-refractivity contribution in [3.63, 3.8) is 0 Å². The largest absolute Gasteiger partial charge is 0.449 e. The van der Waals surface area contributed by atoms with Crippen LogP contribution in [0.3, 0.4) is 0 Å². The lowest BCUT2D eigenvalue weighted by molar-refractivity contribution is 0.0661. The van der Waals surface area contributed by atoms with Crippen molar-refractivity contribution in [1.82, 2.24) is 4.90 Å². The number of carbonyl (C=O) groups excluding carboxylic acids is 1. The molecule has 0 aromatic carbocycles. The highest BCUT2D eigenvalue weighted by atomic mass is 35.5. The smallest absolute Gasteiger partial charge is 0.404 e. The van der Waals surface area contributed by atoms with Gasteiger partial charge in [-0.3, -0.25) is 0 Å². The quantitative estimate of drug-likeness (QED) is 0.568. The lowest BCUT2D eigenvalue weighted by atomic mass is 10.1. The summed E-state index contributed by atoms with van der Waals surface area (Å²) in [7, 11) is 2.01. The molecule has 3 nitrogen and oxygen atoms in total. The Labute approximate surface area is 71.3 Å². The first kappa shape index (κ1) is 8.81. The van der Waals surface area contributed by atoms with Gasteiger partial charge < -0.3 is 9.64 Å². The maximum absolute atomic E-state index is 10.3. The van der Waals surface area contributed by atoms with Crippen LogP contribution in [-0.4, -0.2) is 36.6 Å². The van der Waals surface area contributed by atoms with Gasteiger partial charge in [0.05, 0.1) is 0 Å². The molecule has 4 heteroatoms. The van der Waals surface area contributed by atoms with Crippen molar-refractivity contribution in [3.8, 4) is 0 Å². The van der Waals surface area contributed by atoms with Crippen LogP contribution in [0.4, 0.5) is 4.79 Å². The molecule has 0 N–H and O–H groups in total. The number of hydrogen-bond donors (Lipinski definition) is 0. The third-order valence-electron chi connectivity index (χ3n) is 1.84. The van der Waals surface area contributed by atoms with Crippen LogP contribution >= 0.6 is 11.6 Å². The first-order valence-electron chi connectivity index (χ1n) is 3.73. The van der Waals surface area contributed by atoms with E-state index in [0.717, 1.165) is 25.9 Å². The van der Waals surface area contributed by atoms with Crippen LogP contribution in [-0.2, 0) is 4.74 Å². The minimum atomic E-state index is -0.690. The van der Waals surface area contributed by atoms with Crippen molar-refractivity contribution < 1.29 is 9.53 Å². The van der Waals surface area contributed by atoms with Crippen molar-refractivity contribution in [1.29, 1.82) is 0 Å². The lowest BCUT2D eigenvalue weighted by Gasteiger charge is -2.28. The summed E-state index contributed by atoms with van der Waals surface area (Å²) >= 11 is 5.08. The fourth-order valence-electron chi connectivity index (χ4n) is 1.35. The fraction of sp³-hybridized carbons (Fsp3) is 0.857. The molecular formula is C7H12ClNO2. The second-order valence-corrected chi connectivity index (χ2v) is 3.19. The number of piperidine rings is 1. The van der Waals surface area contributed by atoms with Gasteiger partial charge in [0, 0.05) is 18.1 Å². The number of ether oxygens (including phenoxy) is 1. The van der Waals surface area contributed by atoms with Crippen LogP contribution in [0, 0.1) is 0 Å². The van der Waals surface area contributed by atoms with Crippen LogP contribution in [0.1, 0.15) is 12.8 Å². The molecule has 1 atom stereocenters. The molecule has 0 unspecified atom stereocenters. The fourth-order valence-corrected chi connectivity index (χ4v) is 1.47. The standard InChI is InChI=1S/C7H12ClNO2/c1-9-4-2-3-6(5-9)11-7(8)10/h6H,2-5H2,1H3/t6-/m1/s1. The number of rotatable bonds is 1. The Bertz CT molecular complexity index is 151. The summed E-state index contributed by atoms with van der Waals surface area (Å²) in [5.41, 5.74) is -0.690. The topological polar surface area (TPSA) is 29.5 Å². The summed E-state index contributed by atoms with van der Waals surface area (Å²) in [6, 6.07) is 0. The highest BCUT2D eigenvalue weighted by molar-refractivity contribution is 6.61. The monoisotopic (exact) mass is 177 g/mol. The molecule has 0 spiro atoms. The van der Waals surface area contributed by atoms with Crippen molar-refractivity contribution in [2.75, 3.05) is 20.1 Å². The zero-order valence-electron chi connectivity index (χ0n) is 6.55. The maximum atomic E-state index is 10.3. The lowest BCUT2D eigenvalue weighted by Crippen LogP contribution is -2.37. The van der Waals surface area contributed by atoms with Gasteiger partial charge in [-0.2, -0.15) is 0 Å². The summed E-state index contributed by atoms with van der Waals surface area (Å²) in [4.78, 5) is 12.5. The molecule has 1 aliphatic rings.